The summed E-state index contributed by atoms with van der Waals surface area (Å²) in [4.78, 5) is 14.7. The van der Waals surface area contributed by atoms with Gasteiger partial charge in [-0.2, -0.15) is 0 Å². The Bertz CT molecular complexity index is 721. The van der Waals surface area contributed by atoms with E-state index < -0.39 is 0 Å². The van der Waals surface area contributed by atoms with Crippen LogP contribution in [0.1, 0.15) is 35.1 Å². The Kier molecular flexibility index (Phi) is 5.87. The molecule has 0 aromatic heterocycles. The normalized spacial score (nSPS) is 13.9. The minimum Gasteiger partial charge on any atom is -0.355 e. The summed E-state index contributed by atoms with van der Waals surface area (Å²) in [7, 11) is 0. The first kappa shape index (κ1) is 17.7. The lowest BCUT2D eigenvalue weighted by Gasteiger charge is -2.21. The number of nitrogens with one attached hydrogen (secondary N) is 1. The van der Waals surface area contributed by atoms with Crippen LogP contribution in [0.2, 0.25) is 0 Å². The molecule has 2 aromatic carbocycles. The van der Waals surface area contributed by atoms with Crippen molar-refractivity contribution < 1.29 is 4.79 Å². The standard InChI is InChI=1S/C22H28N2O/c1-17-6-5-8-19(14-17)15-24(21-10-11-21)16-22(25)23-13-12-20-9-4-3-7-18(20)2/h3-9,14,21H,10-13,15-16H2,1-2H3,(H,23,25). The number of benzene rings is 2. The molecule has 0 aliphatic heterocycles. The van der Waals surface area contributed by atoms with Crippen molar-refractivity contribution in [2.45, 2.75) is 45.7 Å². The van der Waals surface area contributed by atoms with Crippen LogP contribution in [-0.4, -0.2) is 29.9 Å². The first-order valence-corrected chi connectivity index (χ1v) is 9.22. The molecule has 3 rings (SSSR count). The average molecular weight is 336 g/mol. The number of carbonyl (C=O) groups excluding carboxylic acids is 1. The van der Waals surface area contributed by atoms with Crippen molar-refractivity contribution in [3.8, 4) is 0 Å². The Morgan fingerprint density at radius 2 is 1.92 bits per heavy atom. The van der Waals surface area contributed by atoms with E-state index in [9.17, 15) is 4.79 Å². The van der Waals surface area contributed by atoms with Crippen molar-refractivity contribution in [1.82, 2.24) is 10.2 Å². The van der Waals surface area contributed by atoms with Gasteiger partial charge in [0.05, 0.1) is 6.54 Å². The zero-order chi connectivity index (χ0) is 17.6. The van der Waals surface area contributed by atoms with Gasteiger partial charge in [-0.3, -0.25) is 9.69 Å². The molecule has 132 valence electrons. The molecule has 0 heterocycles. The maximum absolute atomic E-state index is 12.4. The SMILES string of the molecule is Cc1cccc(CN(CC(=O)NCCc2ccccc2C)C2CC2)c1. The van der Waals surface area contributed by atoms with Gasteiger partial charge in [0.15, 0.2) is 0 Å². The fourth-order valence-electron chi connectivity index (χ4n) is 3.27. The molecule has 3 nitrogen and oxygen atoms in total. The van der Waals surface area contributed by atoms with Crippen LogP contribution < -0.4 is 5.32 Å². The number of nitrogens with zero attached hydrogens (tertiary/aromatic N) is 1. The predicted molar refractivity (Wildman–Crippen MR) is 103 cm³/mol. The first-order chi connectivity index (χ1) is 12.1. The van der Waals surface area contributed by atoms with E-state index in [0.29, 0.717) is 19.1 Å². The second-order valence-corrected chi connectivity index (χ2v) is 7.15. The predicted octanol–water partition coefficient (Wildman–Crippen LogP) is 3.63. The topological polar surface area (TPSA) is 32.3 Å². The van der Waals surface area contributed by atoms with Crippen molar-refractivity contribution in [2.75, 3.05) is 13.1 Å². The number of rotatable bonds is 8. The lowest BCUT2D eigenvalue weighted by atomic mass is 10.1. The van der Waals surface area contributed by atoms with Gasteiger partial charge < -0.3 is 5.32 Å². The quantitative estimate of drug-likeness (QED) is 0.798. The van der Waals surface area contributed by atoms with E-state index >= 15 is 0 Å². The number of hydrogen-bond donors (Lipinski definition) is 1. The molecule has 2 aromatic rings. The number of carbonyl (C=O) groups is 1. The summed E-state index contributed by atoms with van der Waals surface area (Å²) >= 11 is 0. The molecular weight excluding hydrogens is 308 g/mol. The van der Waals surface area contributed by atoms with Crippen LogP contribution in [-0.2, 0) is 17.8 Å². The number of aryl methyl sites for hydroxylation is 2. The van der Waals surface area contributed by atoms with Gasteiger partial charge in [-0.15, -0.1) is 0 Å². The van der Waals surface area contributed by atoms with Gasteiger partial charge in [-0.1, -0.05) is 54.1 Å². The molecule has 1 saturated carbocycles. The third-order valence-electron chi connectivity index (χ3n) is 4.86. The molecule has 0 radical (unpaired) electrons. The van der Waals surface area contributed by atoms with Crippen LogP contribution in [0.3, 0.4) is 0 Å². The highest BCUT2D eigenvalue weighted by molar-refractivity contribution is 5.78. The van der Waals surface area contributed by atoms with E-state index in [2.05, 4.69) is 72.6 Å². The van der Waals surface area contributed by atoms with Crippen LogP contribution in [0.25, 0.3) is 0 Å². The zero-order valence-corrected chi connectivity index (χ0v) is 15.3. The largest absolute Gasteiger partial charge is 0.355 e. The third kappa shape index (κ3) is 5.43. The molecule has 1 aliphatic rings. The molecule has 1 aliphatic carbocycles. The van der Waals surface area contributed by atoms with Crippen LogP contribution in [0.4, 0.5) is 0 Å². The summed E-state index contributed by atoms with van der Waals surface area (Å²) in [5, 5.41) is 3.09. The smallest absolute Gasteiger partial charge is 0.234 e. The second-order valence-electron chi connectivity index (χ2n) is 7.15. The molecule has 0 unspecified atom stereocenters. The molecule has 0 saturated heterocycles. The van der Waals surface area contributed by atoms with Gasteiger partial charge in [0.25, 0.3) is 0 Å². The van der Waals surface area contributed by atoms with E-state index in [1.165, 1.54) is 35.1 Å². The third-order valence-corrected chi connectivity index (χ3v) is 4.86. The molecule has 3 heteroatoms. The van der Waals surface area contributed by atoms with Gasteiger partial charge in [-0.05, 0) is 49.8 Å². The van der Waals surface area contributed by atoms with Crippen LogP contribution in [0.5, 0.6) is 0 Å². The second kappa shape index (κ2) is 8.30. The van der Waals surface area contributed by atoms with Crippen LogP contribution in [0, 0.1) is 13.8 Å². The highest BCUT2D eigenvalue weighted by atomic mass is 16.2. The van der Waals surface area contributed by atoms with Crippen LogP contribution >= 0.6 is 0 Å². The summed E-state index contributed by atoms with van der Waals surface area (Å²) in [6.45, 7) is 6.29. The minimum atomic E-state index is 0.133. The molecule has 25 heavy (non-hydrogen) atoms. The van der Waals surface area contributed by atoms with Crippen molar-refractivity contribution >= 4 is 5.91 Å². The lowest BCUT2D eigenvalue weighted by Crippen LogP contribution is -2.38. The Labute approximate surface area is 151 Å². The van der Waals surface area contributed by atoms with E-state index in [1.807, 2.05) is 0 Å². The van der Waals surface area contributed by atoms with Crippen molar-refractivity contribution in [2.24, 2.45) is 0 Å². The summed E-state index contributed by atoms with van der Waals surface area (Å²) in [5.74, 6) is 0.133. The van der Waals surface area contributed by atoms with E-state index in [0.717, 1.165) is 13.0 Å². The van der Waals surface area contributed by atoms with Gasteiger partial charge in [0.1, 0.15) is 0 Å². The maximum Gasteiger partial charge on any atom is 0.234 e. The molecule has 0 spiro atoms. The summed E-state index contributed by atoms with van der Waals surface area (Å²) in [6, 6.07) is 17.5. The molecular formula is C22H28N2O. The Morgan fingerprint density at radius 1 is 1.12 bits per heavy atom. The highest BCUT2D eigenvalue weighted by Gasteiger charge is 2.30. The Balaban J connectivity index is 1.48. The van der Waals surface area contributed by atoms with E-state index in [-0.39, 0.29) is 5.91 Å². The fraction of sp³-hybridized carbons (Fsp3) is 0.409. The first-order valence-electron chi connectivity index (χ1n) is 9.22. The van der Waals surface area contributed by atoms with Crippen molar-refractivity contribution in [3.63, 3.8) is 0 Å². The van der Waals surface area contributed by atoms with Gasteiger partial charge in [-0.25, -0.2) is 0 Å². The number of hydrogen-bond acceptors (Lipinski definition) is 2. The average Bonchev–Trinajstić information content (AvgIpc) is 3.41. The minimum absolute atomic E-state index is 0.133. The molecule has 0 bridgehead atoms. The molecule has 0 atom stereocenters. The fourth-order valence-corrected chi connectivity index (χ4v) is 3.27. The van der Waals surface area contributed by atoms with Gasteiger partial charge >= 0.3 is 0 Å². The lowest BCUT2D eigenvalue weighted by molar-refractivity contribution is -0.122. The maximum atomic E-state index is 12.4. The van der Waals surface area contributed by atoms with Gasteiger partial charge in [0.2, 0.25) is 5.91 Å². The summed E-state index contributed by atoms with van der Waals surface area (Å²) in [6.07, 6.45) is 3.31. The zero-order valence-electron chi connectivity index (χ0n) is 15.3. The van der Waals surface area contributed by atoms with Gasteiger partial charge in [0, 0.05) is 19.1 Å². The molecule has 1 N–H and O–H groups in total. The van der Waals surface area contributed by atoms with E-state index in [4.69, 9.17) is 0 Å². The summed E-state index contributed by atoms with van der Waals surface area (Å²) < 4.78 is 0. The molecule has 1 fully saturated rings. The van der Waals surface area contributed by atoms with Crippen molar-refractivity contribution in [3.05, 3.63) is 70.8 Å². The molecule has 1 amide bonds. The van der Waals surface area contributed by atoms with E-state index in [1.54, 1.807) is 0 Å². The number of amides is 1. The monoisotopic (exact) mass is 336 g/mol. The van der Waals surface area contributed by atoms with Crippen LogP contribution in [0.15, 0.2) is 48.5 Å². The highest BCUT2D eigenvalue weighted by Crippen LogP contribution is 2.28. The summed E-state index contributed by atoms with van der Waals surface area (Å²) in [5.41, 5.74) is 5.16. The van der Waals surface area contributed by atoms with Crippen molar-refractivity contribution in [1.29, 1.82) is 0 Å². The Morgan fingerprint density at radius 3 is 2.64 bits per heavy atom. The Hall–Kier alpha value is -2.13.